The number of hydrogen-bond acceptors (Lipinski definition) is 3. The monoisotopic (exact) mass is 320 g/mol. The summed E-state index contributed by atoms with van der Waals surface area (Å²) in [5, 5.41) is 11.5. The molecule has 122 valence electrons. The van der Waals surface area contributed by atoms with Gasteiger partial charge in [0.15, 0.2) is 0 Å². The van der Waals surface area contributed by atoms with Crippen LogP contribution in [0.1, 0.15) is 5.56 Å². The molecule has 2 N–H and O–H groups in total. The number of aliphatic hydroxyl groups excluding tert-OH is 1. The summed E-state index contributed by atoms with van der Waals surface area (Å²) in [6, 6.07) is 10.1. The average molecular weight is 320 g/mol. The minimum atomic E-state index is -0.609. The van der Waals surface area contributed by atoms with E-state index in [1.807, 2.05) is 11.9 Å². The molecule has 4 nitrogen and oxygen atoms in total. The Balaban J connectivity index is 1.99. The van der Waals surface area contributed by atoms with Crippen LogP contribution >= 0.6 is 0 Å². The second-order valence-electron chi connectivity index (χ2n) is 5.15. The number of carbonyl (C=O) groups is 1. The van der Waals surface area contributed by atoms with Gasteiger partial charge in [-0.1, -0.05) is 0 Å². The Morgan fingerprint density at radius 3 is 2.52 bits per heavy atom. The largest absolute Gasteiger partial charge is 0.395 e. The molecule has 0 fully saturated rings. The number of nitrogens with one attached hydrogen (secondary N) is 1. The first kappa shape index (κ1) is 16.9. The number of aliphatic hydroxyl groups is 1. The van der Waals surface area contributed by atoms with E-state index in [0.717, 1.165) is 23.9 Å². The zero-order valence-electron chi connectivity index (χ0n) is 12.7. The van der Waals surface area contributed by atoms with E-state index in [1.54, 1.807) is 24.3 Å². The van der Waals surface area contributed by atoms with E-state index in [0.29, 0.717) is 12.2 Å². The highest BCUT2D eigenvalue weighted by atomic mass is 19.1. The highest BCUT2D eigenvalue weighted by molar-refractivity contribution is 5.92. The molecule has 2 rings (SSSR count). The number of likely N-dealkylation sites (N-methyl/N-ethyl adjacent to an activating group) is 1. The molecule has 6 heteroatoms. The van der Waals surface area contributed by atoms with Crippen molar-refractivity contribution in [3.63, 3.8) is 0 Å². The van der Waals surface area contributed by atoms with Gasteiger partial charge >= 0.3 is 0 Å². The molecule has 2 aromatic rings. The van der Waals surface area contributed by atoms with Gasteiger partial charge in [-0.25, -0.2) is 8.78 Å². The van der Waals surface area contributed by atoms with Gasteiger partial charge in [0.1, 0.15) is 11.6 Å². The summed E-state index contributed by atoms with van der Waals surface area (Å²) >= 11 is 0. The van der Waals surface area contributed by atoms with Gasteiger partial charge in [0.2, 0.25) is 5.91 Å². The normalized spacial score (nSPS) is 10.4. The molecule has 0 saturated heterocycles. The third kappa shape index (κ3) is 4.75. The Hall–Kier alpha value is -2.47. The molecule has 0 atom stereocenters. The lowest BCUT2D eigenvalue weighted by molar-refractivity contribution is -0.115. The lowest BCUT2D eigenvalue weighted by Crippen LogP contribution is -2.21. The third-order valence-electron chi connectivity index (χ3n) is 3.39. The summed E-state index contributed by atoms with van der Waals surface area (Å²) in [5.74, 6) is -1.61. The highest BCUT2D eigenvalue weighted by Crippen LogP contribution is 2.17. The Labute approximate surface area is 133 Å². The number of nitrogens with zero attached hydrogens (tertiary/aromatic N) is 1. The summed E-state index contributed by atoms with van der Waals surface area (Å²) in [7, 11) is 1.84. The zero-order chi connectivity index (χ0) is 16.8. The second kappa shape index (κ2) is 7.69. The molecule has 0 saturated carbocycles. The van der Waals surface area contributed by atoms with Gasteiger partial charge in [-0.15, -0.1) is 0 Å². The molecule has 0 radical (unpaired) electrons. The Morgan fingerprint density at radius 2 is 1.87 bits per heavy atom. The molecular formula is C17H18F2N2O2. The fourth-order valence-corrected chi connectivity index (χ4v) is 2.14. The average Bonchev–Trinajstić information content (AvgIpc) is 2.52. The van der Waals surface area contributed by atoms with E-state index >= 15 is 0 Å². The molecule has 0 aliphatic rings. The van der Waals surface area contributed by atoms with Crippen LogP contribution in [0, 0.1) is 11.6 Å². The first-order chi connectivity index (χ1) is 11.0. The number of hydrogen-bond donors (Lipinski definition) is 2. The Morgan fingerprint density at radius 1 is 1.17 bits per heavy atom. The number of anilines is 2. The van der Waals surface area contributed by atoms with Crippen LogP contribution < -0.4 is 10.2 Å². The van der Waals surface area contributed by atoms with E-state index in [9.17, 15) is 13.6 Å². The standard InChI is InChI=1S/C17H18F2N2O2/c1-21(8-9-22)15-5-3-14(4-6-15)20-17(23)11-12-10-13(18)2-7-16(12)19/h2-7,10,22H,8-9,11H2,1H3,(H,20,23). The van der Waals surface area contributed by atoms with Gasteiger partial charge in [0.25, 0.3) is 0 Å². The van der Waals surface area contributed by atoms with Crippen LogP contribution in [-0.2, 0) is 11.2 Å². The quantitative estimate of drug-likeness (QED) is 0.860. The Kier molecular flexibility index (Phi) is 5.65. The lowest BCUT2D eigenvalue weighted by Gasteiger charge is -2.18. The molecule has 23 heavy (non-hydrogen) atoms. The second-order valence-corrected chi connectivity index (χ2v) is 5.15. The van der Waals surface area contributed by atoms with E-state index in [-0.39, 0.29) is 18.6 Å². The van der Waals surface area contributed by atoms with Crippen LogP contribution in [0.25, 0.3) is 0 Å². The Bertz CT molecular complexity index is 675. The van der Waals surface area contributed by atoms with Crippen LogP contribution in [-0.4, -0.2) is 31.2 Å². The van der Waals surface area contributed by atoms with Gasteiger partial charge in [-0.3, -0.25) is 4.79 Å². The number of halogens is 2. The molecule has 0 aliphatic heterocycles. The van der Waals surface area contributed by atoms with Crippen molar-refractivity contribution >= 4 is 17.3 Å². The molecule has 0 aromatic heterocycles. The highest BCUT2D eigenvalue weighted by Gasteiger charge is 2.10. The maximum Gasteiger partial charge on any atom is 0.228 e. The topological polar surface area (TPSA) is 52.6 Å². The fourth-order valence-electron chi connectivity index (χ4n) is 2.14. The summed E-state index contributed by atoms with van der Waals surface area (Å²) in [6.07, 6.45) is -0.240. The number of benzene rings is 2. The number of amides is 1. The van der Waals surface area contributed by atoms with E-state index in [4.69, 9.17) is 5.11 Å². The summed E-state index contributed by atoms with van der Waals surface area (Å²) in [4.78, 5) is 13.8. The van der Waals surface area contributed by atoms with Crippen molar-refractivity contribution < 1.29 is 18.7 Å². The summed E-state index contributed by atoms with van der Waals surface area (Å²) in [5.41, 5.74) is 1.47. The van der Waals surface area contributed by atoms with Crippen molar-refractivity contribution in [2.45, 2.75) is 6.42 Å². The van der Waals surface area contributed by atoms with Crippen molar-refractivity contribution in [2.24, 2.45) is 0 Å². The number of carbonyl (C=O) groups excluding carboxylic acids is 1. The fraction of sp³-hybridized carbons (Fsp3) is 0.235. The van der Waals surface area contributed by atoms with Crippen molar-refractivity contribution in [2.75, 3.05) is 30.4 Å². The maximum atomic E-state index is 13.5. The van der Waals surface area contributed by atoms with Gasteiger partial charge in [-0.2, -0.15) is 0 Å². The van der Waals surface area contributed by atoms with Crippen LogP contribution in [0.2, 0.25) is 0 Å². The first-order valence-corrected chi connectivity index (χ1v) is 7.15. The molecule has 0 bridgehead atoms. The predicted octanol–water partition coefficient (Wildman–Crippen LogP) is 2.57. The zero-order valence-corrected chi connectivity index (χ0v) is 12.7. The molecule has 1 amide bonds. The smallest absolute Gasteiger partial charge is 0.228 e. The SMILES string of the molecule is CN(CCO)c1ccc(NC(=O)Cc2cc(F)ccc2F)cc1. The third-order valence-corrected chi connectivity index (χ3v) is 3.39. The predicted molar refractivity (Wildman–Crippen MR) is 85.5 cm³/mol. The molecule has 2 aromatic carbocycles. The number of rotatable bonds is 6. The minimum absolute atomic E-state index is 0.0156. The van der Waals surface area contributed by atoms with Crippen LogP contribution in [0.15, 0.2) is 42.5 Å². The van der Waals surface area contributed by atoms with Gasteiger partial charge < -0.3 is 15.3 Å². The summed E-state index contributed by atoms with van der Waals surface area (Å²) in [6.45, 7) is 0.554. The van der Waals surface area contributed by atoms with Crippen molar-refractivity contribution in [3.05, 3.63) is 59.7 Å². The van der Waals surface area contributed by atoms with E-state index in [1.165, 1.54) is 0 Å². The van der Waals surface area contributed by atoms with Gasteiger partial charge in [0, 0.05) is 30.5 Å². The van der Waals surface area contributed by atoms with Crippen LogP contribution in [0.5, 0.6) is 0 Å². The minimum Gasteiger partial charge on any atom is -0.395 e. The van der Waals surface area contributed by atoms with Crippen LogP contribution in [0.3, 0.4) is 0 Å². The molecule has 0 unspecified atom stereocenters. The molecular weight excluding hydrogens is 302 g/mol. The van der Waals surface area contributed by atoms with Crippen LogP contribution in [0.4, 0.5) is 20.2 Å². The van der Waals surface area contributed by atoms with E-state index < -0.39 is 17.5 Å². The molecule has 0 aliphatic carbocycles. The first-order valence-electron chi connectivity index (χ1n) is 7.15. The van der Waals surface area contributed by atoms with Gasteiger partial charge in [0.05, 0.1) is 13.0 Å². The lowest BCUT2D eigenvalue weighted by atomic mass is 10.1. The van der Waals surface area contributed by atoms with Gasteiger partial charge in [-0.05, 0) is 42.5 Å². The molecule has 0 heterocycles. The van der Waals surface area contributed by atoms with Crippen molar-refractivity contribution in [3.8, 4) is 0 Å². The van der Waals surface area contributed by atoms with Crippen molar-refractivity contribution in [1.29, 1.82) is 0 Å². The maximum absolute atomic E-state index is 13.5. The van der Waals surface area contributed by atoms with E-state index in [2.05, 4.69) is 5.32 Å². The van der Waals surface area contributed by atoms with Crippen molar-refractivity contribution in [1.82, 2.24) is 0 Å². The summed E-state index contributed by atoms with van der Waals surface area (Å²) < 4.78 is 26.6. The molecule has 0 spiro atoms.